The smallest absolute Gasteiger partial charge is 0.140 e. The van der Waals surface area contributed by atoms with Gasteiger partial charge in [-0.3, -0.25) is 9.59 Å². The first-order chi connectivity index (χ1) is 7.17. The third-order valence-electron chi connectivity index (χ3n) is 4.63. The van der Waals surface area contributed by atoms with E-state index in [0.717, 1.165) is 12.8 Å². The van der Waals surface area contributed by atoms with Gasteiger partial charge in [-0.1, -0.05) is 12.2 Å². The van der Waals surface area contributed by atoms with Gasteiger partial charge in [-0.05, 0) is 12.8 Å². The molecule has 3 nitrogen and oxygen atoms in total. The van der Waals surface area contributed by atoms with Crippen LogP contribution in [0.3, 0.4) is 0 Å². The molecule has 3 fully saturated rings. The molecule has 2 heterocycles. The zero-order valence-corrected chi connectivity index (χ0v) is 8.36. The van der Waals surface area contributed by atoms with E-state index in [0.29, 0.717) is 12.8 Å². The number of hydrogen-bond donors (Lipinski definition) is 0. The predicted molar refractivity (Wildman–Crippen MR) is 51.1 cm³/mol. The molecule has 2 aliphatic heterocycles. The fourth-order valence-electron chi connectivity index (χ4n) is 4.05. The highest BCUT2D eigenvalue weighted by Gasteiger charge is 2.71. The third-order valence-corrected chi connectivity index (χ3v) is 4.63. The fourth-order valence-corrected chi connectivity index (χ4v) is 4.05. The summed E-state index contributed by atoms with van der Waals surface area (Å²) in [6.07, 6.45) is 6.82. The molecule has 2 bridgehead atoms. The average molecular weight is 204 g/mol. The van der Waals surface area contributed by atoms with Crippen molar-refractivity contribution in [1.29, 1.82) is 0 Å². The molecule has 2 saturated carbocycles. The number of carbonyl (C=O) groups excluding carboxylic acids is 2. The van der Waals surface area contributed by atoms with E-state index in [1.807, 2.05) is 0 Å². The zero-order chi connectivity index (χ0) is 10.3. The Balaban J connectivity index is 1.94. The number of ketones is 2. The second-order valence-corrected chi connectivity index (χ2v) is 5.23. The van der Waals surface area contributed by atoms with E-state index < -0.39 is 11.2 Å². The topological polar surface area (TPSA) is 43.4 Å². The number of Topliss-reactive ketones (excluding diaryl/α,β-unsaturated/α-hetero) is 2. The number of fused-ring (bicyclic) bond motifs is 1. The highest BCUT2D eigenvalue weighted by molar-refractivity contribution is 5.96. The lowest BCUT2D eigenvalue weighted by Crippen LogP contribution is -2.38. The average Bonchev–Trinajstić information content (AvgIpc) is 2.88. The summed E-state index contributed by atoms with van der Waals surface area (Å²) >= 11 is 0. The van der Waals surface area contributed by atoms with Crippen molar-refractivity contribution in [2.45, 2.75) is 36.9 Å². The summed E-state index contributed by atoms with van der Waals surface area (Å²) in [4.78, 5) is 23.7. The van der Waals surface area contributed by atoms with Gasteiger partial charge in [0.25, 0.3) is 0 Å². The molecule has 0 N–H and O–H groups in total. The number of hydrogen-bond acceptors (Lipinski definition) is 3. The highest BCUT2D eigenvalue weighted by atomic mass is 16.5. The van der Waals surface area contributed by atoms with Crippen LogP contribution in [0, 0.1) is 11.8 Å². The van der Waals surface area contributed by atoms with E-state index in [4.69, 9.17) is 4.74 Å². The molecule has 0 radical (unpaired) electrons. The van der Waals surface area contributed by atoms with E-state index in [2.05, 4.69) is 12.2 Å². The minimum atomic E-state index is -0.391. The Hall–Kier alpha value is -0.960. The third kappa shape index (κ3) is 0.689. The van der Waals surface area contributed by atoms with Gasteiger partial charge in [0.1, 0.15) is 11.6 Å². The Morgan fingerprint density at radius 1 is 1.00 bits per heavy atom. The van der Waals surface area contributed by atoms with E-state index in [1.165, 1.54) is 0 Å². The van der Waals surface area contributed by atoms with Gasteiger partial charge in [-0.15, -0.1) is 0 Å². The summed E-state index contributed by atoms with van der Waals surface area (Å²) in [5, 5.41) is 0. The van der Waals surface area contributed by atoms with Gasteiger partial charge in [0.15, 0.2) is 0 Å². The van der Waals surface area contributed by atoms with Gasteiger partial charge in [0.2, 0.25) is 0 Å². The number of ether oxygens (including phenoxy) is 1. The quantitative estimate of drug-likeness (QED) is 0.553. The lowest BCUT2D eigenvalue weighted by atomic mass is 9.73. The lowest BCUT2D eigenvalue weighted by molar-refractivity contribution is -0.129. The molecular weight excluding hydrogens is 192 g/mol. The van der Waals surface area contributed by atoms with Crippen molar-refractivity contribution in [3.63, 3.8) is 0 Å². The van der Waals surface area contributed by atoms with Crippen LogP contribution in [0.25, 0.3) is 0 Å². The van der Waals surface area contributed by atoms with E-state index in [9.17, 15) is 9.59 Å². The molecule has 0 aromatic heterocycles. The summed E-state index contributed by atoms with van der Waals surface area (Å²) in [7, 11) is 0. The Kier molecular flexibility index (Phi) is 1.15. The van der Waals surface area contributed by atoms with Crippen molar-refractivity contribution in [3.05, 3.63) is 12.2 Å². The maximum atomic E-state index is 11.9. The number of carbonyl (C=O) groups is 2. The minimum Gasteiger partial charge on any atom is -0.359 e. The van der Waals surface area contributed by atoms with Crippen molar-refractivity contribution >= 4 is 11.6 Å². The summed E-state index contributed by atoms with van der Waals surface area (Å²) in [5.41, 5.74) is -0.782. The van der Waals surface area contributed by atoms with Crippen molar-refractivity contribution in [1.82, 2.24) is 0 Å². The van der Waals surface area contributed by atoms with Crippen LogP contribution in [-0.4, -0.2) is 22.8 Å². The van der Waals surface area contributed by atoms with E-state index in [-0.39, 0.29) is 23.4 Å². The second kappa shape index (κ2) is 2.09. The molecule has 0 aromatic rings. The second-order valence-electron chi connectivity index (χ2n) is 5.23. The number of rotatable bonds is 0. The SMILES string of the molecule is O=C1CC[C@@]23C=C[C@]4(CCC(=O)[C@H]4[C@@H]12)O3. The molecule has 2 aliphatic carbocycles. The molecule has 4 atom stereocenters. The molecule has 1 saturated heterocycles. The van der Waals surface area contributed by atoms with Crippen LogP contribution in [0.4, 0.5) is 0 Å². The molecule has 0 aromatic carbocycles. The fraction of sp³-hybridized carbons (Fsp3) is 0.667. The van der Waals surface area contributed by atoms with E-state index >= 15 is 0 Å². The first kappa shape index (κ1) is 8.22. The van der Waals surface area contributed by atoms with Crippen LogP contribution in [-0.2, 0) is 14.3 Å². The zero-order valence-electron chi connectivity index (χ0n) is 8.36. The normalized spacial score (nSPS) is 55.2. The highest BCUT2D eigenvalue weighted by Crippen LogP contribution is 2.63. The maximum absolute atomic E-state index is 11.9. The molecular formula is C12H12O3. The van der Waals surface area contributed by atoms with Crippen LogP contribution < -0.4 is 0 Å². The lowest BCUT2D eigenvalue weighted by Gasteiger charge is -2.24. The van der Waals surface area contributed by atoms with Gasteiger partial charge in [0, 0.05) is 12.8 Å². The molecule has 15 heavy (non-hydrogen) atoms. The van der Waals surface area contributed by atoms with Crippen LogP contribution in [0.5, 0.6) is 0 Å². The van der Waals surface area contributed by atoms with Crippen LogP contribution in [0.1, 0.15) is 25.7 Å². The summed E-state index contributed by atoms with van der Waals surface area (Å²) in [6, 6.07) is 0. The van der Waals surface area contributed by atoms with Crippen LogP contribution in [0.2, 0.25) is 0 Å². The molecule has 0 amide bonds. The standard InChI is InChI=1S/C12H12O3/c13-7-1-3-11-5-6-12(15-11)4-2-8(14)10(12)9(7)11/h5-6,9-10H,1-4H2/t9-,10+,11-,12+. The van der Waals surface area contributed by atoms with Crippen molar-refractivity contribution in [3.8, 4) is 0 Å². The van der Waals surface area contributed by atoms with Gasteiger partial charge in [0.05, 0.1) is 23.0 Å². The Morgan fingerprint density at radius 2 is 1.47 bits per heavy atom. The molecule has 0 unspecified atom stereocenters. The van der Waals surface area contributed by atoms with Gasteiger partial charge in [-0.25, -0.2) is 0 Å². The van der Waals surface area contributed by atoms with Crippen molar-refractivity contribution in [2.24, 2.45) is 11.8 Å². The minimum absolute atomic E-state index is 0.155. The van der Waals surface area contributed by atoms with Gasteiger partial charge < -0.3 is 4.74 Å². The Morgan fingerprint density at radius 3 is 1.93 bits per heavy atom. The molecule has 2 spiro atoms. The van der Waals surface area contributed by atoms with Gasteiger partial charge in [-0.2, -0.15) is 0 Å². The predicted octanol–water partition coefficient (Wildman–Crippen LogP) is 1.02. The first-order valence-corrected chi connectivity index (χ1v) is 5.63. The van der Waals surface area contributed by atoms with E-state index in [1.54, 1.807) is 0 Å². The molecule has 4 rings (SSSR count). The molecule has 78 valence electrons. The van der Waals surface area contributed by atoms with Crippen molar-refractivity contribution in [2.75, 3.05) is 0 Å². The summed E-state index contributed by atoms with van der Waals surface area (Å²) < 4.78 is 6.08. The monoisotopic (exact) mass is 204 g/mol. The molecule has 4 aliphatic rings. The Labute approximate surface area is 87.5 Å². The molecule has 3 heteroatoms. The largest absolute Gasteiger partial charge is 0.359 e. The maximum Gasteiger partial charge on any atom is 0.140 e. The Bertz CT molecular complexity index is 387. The van der Waals surface area contributed by atoms with Crippen LogP contribution >= 0.6 is 0 Å². The van der Waals surface area contributed by atoms with Gasteiger partial charge >= 0.3 is 0 Å². The van der Waals surface area contributed by atoms with Crippen LogP contribution in [0.15, 0.2) is 12.2 Å². The summed E-state index contributed by atoms with van der Waals surface area (Å²) in [6.45, 7) is 0. The summed E-state index contributed by atoms with van der Waals surface area (Å²) in [5.74, 6) is 0.165. The first-order valence-electron chi connectivity index (χ1n) is 5.63. The van der Waals surface area contributed by atoms with Crippen molar-refractivity contribution < 1.29 is 14.3 Å².